The fourth-order valence-electron chi connectivity index (χ4n) is 3.09. The highest BCUT2D eigenvalue weighted by Crippen LogP contribution is 2.42. The van der Waals surface area contributed by atoms with Crippen LogP contribution in [0, 0.1) is 5.82 Å². The van der Waals surface area contributed by atoms with Gasteiger partial charge < -0.3 is 15.1 Å². The van der Waals surface area contributed by atoms with Crippen molar-refractivity contribution in [1.82, 2.24) is 9.97 Å². The van der Waals surface area contributed by atoms with Crippen molar-refractivity contribution in [3.8, 4) is 0 Å². The summed E-state index contributed by atoms with van der Waals surface area (Å²) < 4.78 is 19.7. The second kappa shape index (κ2) is 7.61. The highest BCUT2D eigenvalue weighted by atomic mass is 35.5. The normalized spacial score (nSPS) is 17.1. The Labute approximate surface area is 172 Å². The van der Waals surface area contributed by atoms with E-state index in [0.717, 1.165) is 16.9 Å². The summed E-state index contributed by atoms with van der Waals surface area (Å²) in [5.74, 6) is 0.711. The third kappa shape index (κ3) is 4.31. The largest absolute Gasteiger partial charge is 0.416 e. The van der Waals surface area contributed by atoms with Gasteiger partial charge in [0.1, 0.15) is 16.8 Å². The average Bonchev–Trinajstić information content (AvgIpc) is 2.92. The number of aromatic nitrogens is 2. The van der Waals surface area contributed by atoms with Crippen molar-refractivity contribution in [3.63, 3.8) is 0 Å². The molecule has 0 bridgehead atoms. The van der Waals surface area contributed by atoms with E-state index in [1.807, 2.05) is 0 Å². The second-order valence-electron chi connectivity index (χ2n) is 8.89. The molecule has 0 radical (unpaired) electrons. The Balaban J connectivity index is 1.85. The fraction of sp³-hybridized carbons (Fsp3) is 0.500. The van der Waals surface area contributed by atoms with E-state index < -0.39 is 8.32 Å². The van der Waals surface area contributed by atoms with Crippen molar-refractivity contribution in [2.75, 3.05) is 23.8 Å². The molecule has 1 unspecified atom stereocenters. The Bertz CT molecular complexity index is 855. The van der Waals surface area contributed by atoms with Gasteiger partial charge in [-0.25, -0.2) is 9.37 Å². The van der Waals surface area contributed by atoms with E-state index in [2.05, 4.69) is 48.7 Å². The molecular formula is C20H28ClFN4OSi. The molecule has 0 amide bonds. The molecule has 1 aliphatic heterocycles. The Kier molecular flexibility index (Phi) is 5.71. The monoisotopic (exact) mass is 422 g/mol. The molecule has 152 valence electrons. The van der Waals surface area contributed by atoms with Gasteiger partial charge in [-0.3, -0.25) is 0 Å². The summed E-state index contributed by atoms with van der Waals surface area (Å²) in [6.45, 7) is 13.0. The summed E-state index contributed by atoms with van der Waals surface area (Å²) in [4.78, 5) is 10.7. The lowest BCUT2D eigenvalue weighted by Gasteiger charge is -2.37. The van der Waals surface area contributed by atoms with Gasteiger partial charge in [0, 0.05) is 31.2 Å². The first kappa shape index (κ1) is 21.0. The van der Waals surface area contributed by atoms with Gasteiger partial charge in [-0.05, 0) is 35.8 Å². The first-order chi connectivity index (χ1) is 13.0. The maximum absolute atomic E-state index is 13.2. The standard InChI is InChI=1S/C20H28ClFN4OSi/c1-20(2,3)28(4,5)27-12-14-11-26(10-13-6-8-15(22)9-7-13)18-16(14)17(21)24-19(23)25-18/h6-9,14H,10-12H2,1-5H3,(H2,23,24,25). The Hall–Kier alpha value is -1.70. The maximum atomic E-state index is 13.2. The third-order valence-corrected chi connectivity index (χ3v) is 10.6. The fourth-order valence-corrected chi connectivity index (χ4v) is 4.47. The molecule has 0 fully saturated rings. The maximum Gasteiger partial charge on any atom is 0.223 e. The molecule has 1 aliphatic rings. The van der Waals surface area contributed by atoms with E-state index in [4.69, 9.17) is 21.8 Å². The Morgan fingerprint density at radius 1 is 1.25 bits per heavy atom. The summed E-state index contributed by atoms with van der Waals surface area (Å²) in [6.07, 6.45) is 0. The van der Waals surface area contributed by atoms with Crippen LogP contribution in [0.2, 0.25) is 23.3 Å². The van der Waals surface area contributed by atoms with Crippen molar-refractivity contribution in [2.24, 2.45) is 0 Å². The number of nitrogens with zero attached hydrogens (tertiary/aromatic N) is 3. The van der Waals surface area contributed by atoms with E-state index in [9.17, 15) is 4.39 Å². The molecule has 0 saturated heterocycles. The molecule has 0 spiro atoms. The molecule has 0 saturated carbocycles. The van der Waals surface area contributed by atoms with E-state index in [1.54, 1.807) is 12.1 Å². The summed E-state index contributed by atoms with van der Waals surface area (Å²) in [5, 5.41) is 0.511. The predicted octanol–water partition coefficient (Wildman–Crippen LogP) is 4.98. The number of hydrogen-bond acceptors (Lipinski definition) is 5. The molecule has 5 nitrogen and oxygen atoms in total. The molecule has 1 atom stereocenters. The van der Waals surface area contributed by atoms with E-state index in [1.165, 1.54) is 12.1 Å². The van der Waals surface area contributed by atoms with Crippen molar-refractivity contribution in [1.29, 1.82) is 0 Å². The van der Waals surface area contributed by atoms with E-state index >= 15 is 0 Å². The SMILES string of the molecule is CC(C)(C)[Si](C)(C)OCC1CN(Cc2ccc(F)cc2)c2nc(N)nc(Cl)c21. The number of hydrogen-bond donors (Lipinski definition) is 1. The van der Waals surface area contributed by atoms with Crippen LogP contribution in [-0.4, -0.2) is 31.4 Å². The molecule has 28 heavy (non-hydrogen) atoms. The van der Waals surface area contributed by atoms with E-state index in [-0.39, 0.29) is 22.7 Å². The van der Waals surface area contributed by atoms with Crippen LogP contribution in [0.1, 0.15) is 37.8 Å². The van der Waals surface area contributed by atoms with Crippen molar-refractivity contribution in [2.45, 2.75) is 51.4 Å². The minimum Gasteiger partial charge on any atom is -0.416 e. The molecule has 2 N–H and O–H groups in total. The van der Waals surface area contributed by atoms with Gasteiger partial charge in [0.2, 0.25) is 5.95 Å². The molecule has 0 aliphatic carbocycles. The van der Waals surface area contributed by atoms with Crippen molar-refractivity contribution in [3.05, 3.63) is 46.4 Å². The van der Waals surface area contributed by atoms with Crippen LogP contribution in [0.4, 0.5) is 16.2 Å². The lowest BCUT2D eigenvalue weighted by molar-refractivity contribution is 0.267. The highest BCUT2D eigenvalue weighted by molar-refractivity contribution is 6.74. The van der Waals surface area contributed by atoms with Gasteiger partial charge in [-0.15, -0.1) is 0 Å². The summed E-state index contributed by atoms with van der Waals surface area (Å²) in [7, 11) is -1.89. The molecule has 1 aromatic heterocycles. The lowest BCUT2D eigenvalue weighted by atomic mass is 10.1. The number of rotatable bonds is 5. The minimum atomic E-state index is -1.89. The zero-order chi connectivity index (χ0) is 20.7. The second-order valence-corrected chi connectivity index (χ2v) is 14.1. The van der Waals surface area contributed by atoms with Crippen LogP contribution < -0.4 is 10.6 Å². The quantitative estimate of drug-likeness (QED) is 0.544. The van der Waals surface area contributed by atoms with Gasteiger partial charge in [-0.2, -0.15) is 4.98 Å². The summed E-state index contributed by atoms with van der Waals surface area (Å²) >= 11 is 6.45. The van der Waals surface area contributed by atoms with Crippen LogP contribution in [0.5, 0.6) is 0 Å². The number of benzene rings is 1. The van der Waals surface area contributed by atoms with Gasteiger partial charge in [0.15, 0.2) is 8.32 Å². The van der Waals surface area contributed by atoms with Crippen LogP contribution in [0.3, 0.4) is 0 Å². The predicted molar refractivity (Wildman–Crippen MR) is 115 cm³/mol. The first-order valence-electron chi connectivity index (χ1n) is 9.44. The molecule has 3 rings (SSSR count). The third-order valence-electron chi connectivity index (χ3n) is 5.78. The Morgan fingerprint density at radius 2 is 1.89 bits per heavy atom. The van der Waals surface area contributed by atoms with Crippen LogP contribution in [0.25, 0.3) is 0 Å². The van der Waals surface area contributed by atoms with Crippen LogP contribution in [0.15, 0.2) is 24.3 Å². The number of nitrogens with two attached hydrogens (primary N) is 1. The van der Waals surface area contributed by atoms with Crippen molar-refractivity contribution < 1.29 is 8.82 Å². The van der Waals surface area contributed by atoms with Gasteiger partial charge in [0.05, 0.1) is 0 Å². The molecule has 8 heteroatoms. The smallest absolute Gasteiger partial charge is 0.223 e. The van der Waals surface area contributed by atoms with Gasteiger partial charge >= 0.3 is 0 Å². The summed E-state index contributed by atoms with van der Waals surface area (Å²) in [5.41, 5.74) is 7.72. The molecule has 1 aromatic carbocycles. The topological polar surface area (TPSA) is 64.3 Å². The van der Waals surface area contributed by atoms with Crippen LogP contribution >= 0.6 is 11.6 Å². The highest BCUT2D eigenvalue weighted by Gasteiger charge is 2.40. The molecule has 2 heterocycles. The first-order valence-corrected chi connectivity index (χ1v) is 12.7. The van der Waals surface area contributed by atoms with Crippen molar-refractivity contribution >= 4 is 31.7 Å². The average molecular weight is 423 g/mol. The minimum absolute atomic E-state index is 0.0673. The van der Waals surface area contributed by atoms with Gasteiger partial charge in [-0.1, -0.05) is 44.5 Å². The lowest BCUT2D eigenvalue weighted by Crippen LogP contribution is -2.42. The molecule has 2 aromatic rings. The Morgan fingerprint density at radius 3 is 2.50 bits per heavy atom. The summed E-state index contributed by atoms with van der Waals surface area (Å²) in [6, 6.07) is 6.48. The van der Waals surface area contributed by atoms with E-state index in [0.29, 0.717) is 24.8 Å². The zero-order valence-electron chi connectivity index (χ0n) is 17.1. The number of fused-ring (bicyclic) bond motifs is 1. The van der Waals surface area contributed by atoms with Gasteiger partial charge in [0.25, 0.3) is 0 Å². The number of halogens is 2. The number of nitrogen functional groups attached to an aromatic ring is 1. The molecular weight excluding hydrogens is 395 g/mol. The zero-order valence-corrected chi connectivity index (χ0v) is 18.8. The number of anilines is 2. The van der Waals surface area contributed by atoms with Crippen LogP contribution in [-0.2, 0) is 11.0 Å².